The van der Waals surface area contributed by atoms with E-state index in [4.69, 9.17) is 4.52 Å². The summed E-state index contributed by atoms with van der Waals surface area (Å²) in [6.45, 7) is 1.83. The number of benzene rings is 1. The van der Waals surface area contributed by atoms with Crippen LogP contribution in [0.5, 0.6) is 0 Å². The molecule has 3 nitrogen and oxygen atoms in total. The molecule has 2 rings (SSSR count). The first-order chi connectivity index (χ1) is 7.24. The van der Waals surface area contributed by atoms with Crippen molar-refractivity contribution in [3.8, 4) is 0 Å². The molecule has 0 saturated heterocycles. The van der Waals surface area contributed by atoms with Gasteiger partial charge < -0.3 is 4.52 Å². The number of aromatic nitrogens is 2. The molecule has 2 aromatic rings. The summed E-state index contributed by atoms with van der Waals surface area (Å²) in [5, 5.41) is 3.75. The molecule has 78 valence electrons. The van der Waals surface area contributed by atoms with Crippen molar-refractivity contribution >= 4 is 15.9 Å². The van der Waals surface area contributed by atoms with Crippen LogP contribution in [-0.4, -0.2) is 10.1 Å². The Bertz CT molecular complexity index is 436. The highest BCUT2D eigenvalue weighted by atomic mass is 79.9. The Morgan fingerprint density at radius 3 is 2.53 bits per heavy atom. The second-order valence-corrected chi connectivity index (χ2v) is 4.28. The summed E-state index contributed by atoms with van der Waals surface area (Å²) in [5.41, 5.74) is 1.27. The highest BCUT2D eigenvalue weighted by molar-refractivity contribution is 9.10. The SMILES string of the molecule is Cc1noc(CCc2ccc(Br)cc2)n1. The Morgan fingerprint density at radius 2 is 1.93 bits per heavy atom. The van der Waals surface area contributed by atoms with E-state index in [1.807, 2.05) is 19.1 Å². The third-order valence-electron chi connectivity index (χ3n) is 2.11. The molecule has 0 aliphatic heterocycles. The lowest BCUT2D eigenvalue weighted by atomic mass is 10.1. The molecule has 1 heterocycles. The average Bonchev–Trinajstić information content (AvgIpc) is 2.64. The first-order valence-corrected chi connectivity index (χ1v) is 5.57. The van der Waals surface area contributed by atoms with Gasteiger partial charge in [0.05, 0.1) is 0 Å². The lowest BCUT2D eigenvalue weighted by Gasteiger charge is -1.97. The second kappa shape index (κ2) is 4.57. The Morgan fingerprint density at radius 1 is 1.20 bits per heavy atom. The summed E-state index contributed by atoms with van der Waals surface area (Å²) in [7, 11) is 0. The summed E-state index contributed by atoms with van der Waals surface area (Å²) in [6.07, 6.45) is 1.72. The van der Waals surface area contributed by atoms with Crippen molar-refractivity contribution in [3.05, 3.63) is 46.0 Å². The van der Waals surface area contributed by atoms with Crippen LogP contribution in [0.15, 0.2) is 33.3 Å². The van der Waals surface area contributed by atoms with Gasteiger partial charge in [0, 0.05) is 10.9 Å². The second-order valence-electron chi connectivity index (χ2n) is 3.36. The number of rotatable bonds is 3. The summed E-state index contributed by atoms with van der Waals surface area (Å²) in [6, 6.07) is 8.25. The molecule has 0 saturated carbocycles. The minimum Gasteiger partial charge on any atom is -0.339 e. The fourth-order valence-electron chi connectivity index (χ4n) is 1.34. The van der Waals surface area contributed by atoms with Crippen molar-refractivity contribution in [2.45, 2.75) is 19.8 Å². The largest absolute Gasteiger partial charge is 0.339 e. The van der Waals surface area contributed by atoms with Crippen LogP contribution in [-0.2, 0) is 12.8 Å². The zero-order chi connectivity index (χ0) is 10.7. The first kappa shape index (κ1) is 10.4. The van der Waals surface area contributed by atoms with Crippen molar-refractivity contribution in [1.82, 2.24) is 10.1 Å². The lowest BCUT2D eigenvalue weighted by molar-refractivity contribution is 0.374. The van der Waals surface area contributed by atoms with Gasteiger partial charge in [-0.25, -0.2) is 0 Å². The van der Waals surface area contributed by atoms with Crippen molar-refractivity contribution in [1.29, 1.82) is 0 Å². The molecule has 0 aliphatic carbocycles. The van der Waals surface area contributed by atoms with Crippen LogP contribution in [0, 0.1) is 6.92 Å². The summed E-state index contributed by atoms with van der Waals surface area (Å²) < 4.78 is 6.14. The van der Waals surface area contributed by atoms with Gasteiger partial charge in [-0.1, -0.05) is 33.2 Å². The smallest absolute Gasteiger partial charge is 0.226 e. The fourth-order valence-corrected chi connectivity index (χ4v) is 1.61. The highest BCUT2D eigenvalue weighted by Gasteiger charge is 2.02. The van der Waals surface area contributed by atoms with Crippen molar-refractivity contribution < 1.29 is 4.52 Å². The molecule has 1 aromatic heterocycles. The quantitative estimate of drug-likeness (QED) is 0.858. The molecule has 0 aliphatic rings. The van der Waals surface area contributed by atoms with E-state index in [0.717, 1.165) is 17.3 Å². The van der Waals surface area contributed by atoms with Gasteiger partial charge in [-0.2, -0.15) is 4.98 Å². The molecular formula is C11H11BrN2O. The maximum Gasteiger partial charge on any atom is 0.226 e. The summed E-state index contributed by atoms with van der Waals surface area (Å²) >= 11 is 3.40. The van der Waals surface area contributed by atoms with E-state index in [2.05, 4.69) is 38.2 Å². The van der Waals surface area contributed by atoms with E-state index in [9.17, 15) is 0 Å². The van der Waals surface area contributed by atoms with Crippen molar-refractivity contribution in [2.24, 2.45) is 0 Å². The fraction of sp³-hybridized carbons (Fsp3) is 0.273. The topological polar surface area (TPSA) is 38.9 Å². The van der Waals surface area contributed by atoms with Gasteiger partial charge in [0.2, 0.25) is 5.89 Å². The van der Waals surface area contributed by atoms with Gasteiger partial charge in [0.15, 0.2) is 5.82 Å². The molecule has 0 radical (unpaired) electrons. The van der Waals surface area contributed by atoms with Crippen LogP contribution < -0.4 is 0 Å². The Labute approximate surface area is 96.6 Å². The normalized spacial score (nSPS) is 10.5. The zero-order valence-electron chi connectivity index (χ0n) is 8.40. The highest BCUT2D eigenvalue weighted by Crippen LogP contribution is 2.12. The van der Waals surface area contributed by atoms with Gasteiger partial charge >= 0.3 is 0 Å². The van der Waals surface area contributed by atoms with Crippen molar-refractivity contribution in [2.75, 3.05) is 0 Å². The van der Waals surface area contributed by atoms with Crippen LogP contribution in [0.3, 0.4) is 0 Å². The Hall–Kier alpha value is -1.16. The van der Waals surface area contributed by atoms with E-state index in [1.165, 1.54) is 5.56 Å². The van der Waals surface area contributed by atoms with E-state index >= 15 is 0 Å². The average molecular weight is 267 g/mol. The standard InChI is InChI=1S/C11H11BrN2O/c1-8-13-11(15-14-8)7-4-9-2-5-10(12)6-3-9/h2-3,5-6H,4,7H2,1H3. The van der Waals surface area contributed by atoms with Crippen LogP contribution in [0.4, 0.5) is 0 Å². The summed E-state index contributed by atoms with van der Waals surface area (Å²) in [4.78, 5) is 4.16. The van der Waals surface area contributed by atoms with Crippen LogP contribution in [0.1, 0.15) is 17.3 Å². The van der Waals surface area contributed by atoms with Crippen LogP contribution >= 0.6 is 15.9 Å². The first-order valence-electron chi connectivity index (χ1n) is 4.77. The minimum atomic E-state index is 0.695. The molecule has 0 fully saturated rings. The lowest BCUT2D eigenvalue weighted by Crippen LogP contribution is -1.91. The zero-order valence-corrected chi connectivity index (χ0v) is 9.99. The number of aryl methyl sites for hydroxylation is 3. The number of hydrogen-bond donors (Lipinski definition) is 0. The molecule has 0 unspecified atom stereocenters. The molecule has 1 aromatic carbocycles. The van der Waals surface area contributed by atoms with E-state index in [-0.39, 0.29) is 0 Å². The van der Waals surface area contributed by atoms with E-state index < -0.39 is 0 Å². The molecular weight excluding hydrogens is 256 g/mol. The van der Waals surface area contributed by atoms with Gasteiger partial charge in [-0.3, -0.25) is 0 Å². The summed E-state index contributed by atoms with van der Waals surface area (Å²) in [5.74, 6) is 1.40. The molecule has 15 heavy (non-hydrogen) atoms. The Balaban J connectivity index is 1.96. The van der Waals surface area contributed by atoms with Gasteiger partial charge in [-0.15, -0.1) is 0 Å². The number of nitrogens with zero attached hydrogens (tertiary/aromatic N) is 2. The predicted octanol–water partition coefficient (Wildman–Crippen LogP) is 2.93. The molecule has 0 spiro atoms. The van der Waals surface area contributed by atoms with Gasteiger partial charge in [-0.05, 0) is 31.0 Å². The van der Waals surface area contributed by atoms with E-state index in [1.54, 1.807) is 0 Å². The van der Waals surface area contributed by atoms with E-state index in [0.29, 0.717) is 11.7 Å². The van der Waals surface area contributed by atoms with Crippen LogP contribution in [0.25, 0.3) is 0 Å². The molecule has 0 atom stereocenters. The maximum atomic E-state index is 5.04. The molecule has 0 N–H and O–H groups in total. The molecule has 0 amide bonds. The van der Waals surface area contributed by atoms with Gasteiger partial charge in [0.1, 0.15) is 0 Å². The number of hydrogen-bond acceptors (Lipinski definition) is 3. The third-order valence-corrected chi connectivity index (χ3v) is 2.64. The number of halogens is 1. The molecule has 0 bridgehead atoms. The third kappa shape index (κ3) is 2.89. The predicted molar refractivity (Wildman–Crippen MR) is 60.6 cm³/mol. The van der Waals surface area contributed by atoms with Crippen molar-refractivity contribution in [3.63, 3.8) is 0 Å². The Kier molecular flexibility index (Phi) is 3.16. The maximum absolute atomic E-state index is 5.04. The molecule has 4 heteroatoms. The van der Waals surface area contributed by atoms with Crippen LogP contribution in [0.2, 0.25) is 0 Å². The van der Waals surface area contributed by atoms with Gasteiger partial charge in [0.25, 0.3) is 0 Å². The monoisotopic (exact) mass is 266 g/mol. The minimum absolute atomic E-state index is 0.695.